The van der Waals surface area contributed by atoms with Crippen molar-refractivity contribution in [3.63, 3.8) is 0 Å². The summed E-state index contributed by atoms with van der Waals surface area (Å²) in [6.07, 6.45) is 2.13. The predicted molar refractivity (Wildman–Crippen MR) is 41.6 cm³/mol. The fraction of sp³-hybridized carbons (Fsp3) is 0.167. The summed E-state index contributed by atoms with van der Waals surface area (Å²) in [5, 5.41) is 8.46. The Bertz CT molecular complexity index is 337. The third-order valence-electron chi connectivity index (χ3n) is 1.20. The van der Waals surface area contributed by atoms with Gasteiger partial charge in [0.15, 0.2) is 0 Å². The first-order chi connectivity index (χ1) is 6.09. The van der Waals surface area contributed by atoms with Gasteiger partial charge in [0.05, 0.1) is 11.3 Å². The van der Waals surface area contributed by atoms with Gasteiger partial charge in [0.25, 0.3) is 0 Å². The lowest BCUT2D eigenvalue weighted by atomic mass is 10.3. The van der Waals surface area contributed by atoms with Crippen LogP contribution >= 0.6 is 0 Å². The van der Waals surface area contributed by atoms with Gasteiger partial charge in [-0.05, 0) is 11.1 Å². The SMILES string of the molecule is O=C(O)c1cnc(CS(=O)[O-])nc1. The molecule has 0 aliphatic rings. The van der Waals surface area contributed by atoms with Crippen LogP contribution in [0.5, 0.6) is 0 Å². The molecule has 0 bridgehead atoms. The molecule has 1 aromatic heterocycles. The summed E-state index contributed by atoms with van der Waals surface area (Å²) < 4.78 is 20.4. The number of rotatable bonds is 3. The van der Waals surface area contributed by atoms with E-state index in [0.29, 0.717) is 0 Å². The highest BCUT2D eigenvalue weighted by Gasteiger charge is 2.03. The molecule has 70 valence electrons. The van der Waals surface area contributed by atoms with E-state index in [1.54, 1.807) is 0 Å². The molecule has 0 amide bonds. The highest BCUT2D eigenvalue weighted by atomic mass is 32.2. The molecule has 0 saturated carbocycles. The van der Waals surface area contributed by atoms with Crippen molar-refractivity contribution in [3.8, 4) is 0 Å². The molecule has 1 rings (SSSR count). The highest BCUT2D eigenvalue weighted by Crippen LogP contribution is 1.97. The Morgan fingerprint density at radius 2 is 2.08 bits per heavy atom. The second-order valence-electron chi connectivity index (χ2n) is 2.14. The van der Waals surface area contributed by atoms with Gasteiger partial charge in [-0.2, -0.15) is 0 Å². The number of carboxylic acids is 1. The minimum Gasteiger partial charge on any atom is -0.772 e. The van der Waals surface area contributed by atoms with Crippen LogP contribution in [0.25, 0.3) is 0 Å². The monoisotopic (exact) mass is 201 g/mol. The summed E-state index contributed by atoms with van der Waals surface area (Å²) >= 11 is -2.26. The fourth-order valence-corrected chi connectivity index (χ4v) is 1.01. The average Bonchev–Trinajstić information content (AvgIpc) is 2.04. The summed E-state index contributed by atoms with van der Waals surface area (Å²) in [5.41, 5.74) is -0.0690. The molecule has 7 heteroatoms. The number of aromatic carboxylic acids is 1. The zero-order valence-corrected chi connectivity index (χ0v) is 7.15. The number of nitrogens with zero attached hydrogens (tertiary/aromatic N) is 2. The van der Waals surface area contributed by atoms with Crippen LogP contribution < -0.4 is 0 Å². The number of aromatic nitrogens is 2. The molecule has 6 nitrogen and oxygen atoms in total. The molecule has 1 N–H and O–H groups in total. The van der Waals surface area contributed by atoms with Gasteiger partial charge in [0.1, 0.15) is 5.82 Å². The lowest BCUT2D eigenvalue weighted by molar-refractivity contribution is 0.0696. The van der Waals surface area contributed by atoms with E-state index in [2.05, 4.69) is 9.97 Å². The van der Waals surface area contributed by atoms with Gasteiger partial charge in [-0.3, -0.25) is 4.21 Å². The van der Waals surface area contributed by atoms with Gasteiger partial charge in [0, 0.05) is 12.4 Å². The summed E-state index contributed by atoms with van der Waals surface area (Å²) in [7, 11) is 0. The zero-order chi connectivity index (χ0) is 9.84. The van der Waals surface area contributed by atoms with Crippen molar-refractivity contribution in [3.05, 3.63) is 23.8 Å². The van der Waals surface area contributed by atoms with E-state index in [0.717, 1.165) is 12.4 Å². The van der Waals surface area contributed by atoms with Gasteiger partial charge in [-0.1, -0.05) is 0 Å². The van der Waals surface area contributed by atoms with E-state index in [4.69, 9.17) is 5.11 Å². The largest absolute Gasteiger partial charge is 0.772 e. The number of hydrogen-bond donors (Lipinski definition) is 1. The van der Waals surface area contributed by atoms with Gasteiger partial charge in [-0.25, -0.2) is 14.8 Å². The summed E-state index contributed by atoms with van der Waals surface area (Å²) in [5.74, 6) is -1.37. The quantitative estimate of drug-likeness (QED) is 0.664. The van der Waals surface area contributed by atoms with Crippen molar-refractivity contribution in [1.82, 2.24) is 9.97 Å². The van der Waals surface area contributed by atoms with Crippen LogP contribution in [0.3, 0.4) is 0 Å². The molecule has 0 fully saturated rings. The second kappa shape index (κ2) is 4.06. The Morgan fingerprint density at radius 1 is 1.54 bits per heavy atom. The van der Waals surface area contributed by atoms with Crippen LogP contribution in [0.4, 0.5) is 0 Å². The Kier molecular flexibility index (Phi) is 3.04. The third kappa shape index (κ3) is 2.88. The summed E-state index contributed by atoms with van der Waals surface area (Å²) in [6, 6.07) is 0. The van der Waals surface area contributed by atoms with Crippen molar-refractivity contribution in [1.29, 1.82) is 0 Å². The number of carbonyl (C=O) groups is 1. The Balaban J connectivity index is 2.81. The van der Waals surface area contributed by atoms with Crippen molar-refractivity contribution in [2.45, 2.75) is 5.75 Å². The Hall–Kier alpha value is -1.34. The molecule has 1 aromatic rings. The topological polar surface area (TPSA) is 103 Å². The van der Waals surface area contributed by atoms with Crippen molar-refractivity contribution < 1.29 is 18.7 Å². The lowest BCUT2D eigenvalue weighted by Gasteiger charge is -2.02. The van der Waals surface area contributed by atoms with Crippen LogP contribution in [0.2, 0.25) is 0 Å². The molecule has 1 unspecified atom stereocenters. The number of carboxylic acid groups (broad SMARTS) is 1. The van der Waals surface area contributed by atoms with E-state index in [1.165, 1.54) is 0 Å². The number of hydrogen-bond acceptors (Lipinski definition) is 5. The maximum Gasteiger partial charge on any atom is 0.338 e. The van der Waals surface area contributed by atoms with Crippen LogP contribution in [-0.2, 0) is 16.8 Å². The van der Waals surface area contributed by atoms with E-state index >= 15 is 0 Å². The molecule has 1 heterocycles. The Labute approximate surface area is 75.9 Å². The minimum atomic E-state index is -2.26. The molecule has 0 saturated heterocycles. The molecule has 1 atom stereocenters. The van der Waals surface area contributed by atoms with Crippen molar-refractivity contribution in [2.24, 2.45) is 0 Å². The normalized spacial score (nSPS) is 12.4. The van der Waals surface area contributed by atoms with Gasteiger partial charge in [-0.15, -0.1) is 0 Å². The van der Waals surface area contributed by atoms with Crippen LogP contribution in [-0.4, -0.2) is 29.8 Å². The maximum atomic E-state index is 10.3. The van der Waals surface area contributed by atoms with E-state index in [9.17, 15) is 13.6 Å². The lowest BCUT2D eigenvalue weighted by Crippen LogP contribution is -2.03. The second-order valence-corrected chi connectivity index (χ2v) is 3.04. The molecule has 0 radical (unpaired) electrons. The van der Waals surface area contributed by atoms with Crippen molar-refractivity contribution in [2.75, 3.05) is 0 Å². The molecular weight excluding hydrogens is 196 g/mol. The van der Waals surface area contributed by atoms with Crippen molar-refractivity contribution >= 4 is 17.0 Å². The minimum absolute atomic E-state index is 0.0690. The molecule has 13 heavy (non-hydrogen) atoms. The fourth-order valence-electron chi connectivity index (χ4n) is 0.645. The summed E-state index contributed by atoms with van der Waals surface area (Å²) in [4.78, 5) is 17.4. The Morgan fingerprint density at radius 3 is 2.46 bits per heavy atom. The van der Waals surface area contributed by atoms with E-state index in [-0.39, 0.29) is 17.1 Å². The van der Waals surface area contributed by atoms with Gasteiger partial charge in [0.2, 0.25) is 0 Å². The van der Waals surface area contributed by atoms with E-state index in [1.807, 2.05) is 0 Å². The molecule has 0 spiro atoms. The maximum absolute atomic E-state index is 10.3. The predicted octanol–water partition coefficient (Wildman–Crippen LogP) is -0.446. The highest BCUT2D eigenvalue weighted by molar-refractivity contribution is 7.78. The van der Waals surface area contributed by atoms with Crippen LogP contribution in [0.1, 0.15) is 16.2 Å². The first kappa shape index (κ1) is 9.75. The molecule has 0 aliphatic carbocycles. The average molecular weight is 201 g/mol. The van der Waals surface area contributed by atoms with Crippen LogP contribution in [0, 0.1) is 0 Å². The van der Waals surface area contributed by atoms with Crippen LogP contribution in [0.15, 0.2) is 12.4 Å². The van der Waals surface area contributed by atoms with Gasteiger partial charge >= 0.3 is 5.97 Å². The molecular formula is C6H5N2O4S-. The summed E-state index contributed by atoms with van der Waals surface area (Å²) in [6.45, 7) is 0. The molecule has 0 aliphatic heterocycles. The van der Waals surface area contributed by atoms with Gasteiger partial charge < -0.3 is 9.66 Å². The first-order valence-electron chi connectivity index (χ1n) is 3.19. The van der Waals surface area contributed by atoms with E-state index < -0.39 is 17.0 Å². The smallest absolute Gasteiger partial charge is 0.338 e. The standard InChI is InChI=1S/C6H6N2O4S/c9-6(10)4-1-7-5(8-2-4)3-13(11)12/h1-2H,3H2,(H,9,10)(H,11,12)/p-1. The first-order valence-corrected chi connectivity index (χ1v) is 4.44. The zero-order valence-electron chi connectivity index (χ0n) is 6.34. The third-order valence-corrected chi connectivity index (χ3v) is 1.69. The molecule has 0 aromatic carbocycles.